The monoisotopic (exact) mass is 563 g/mol. The first-order valence-corrected chi connectivity index (χ1v) is 12.6. The molecule has 0 atom stereocenters. The molecule has 0 aromatic heterocycles. The van der Waals surface area contributed by atoms with Gasteiger partial charge in [0.05, 0.1) is 17.3 Å². The number of hydrogen-bond acceptors (Lipinski definition) is 7. The lowest BCUT2D eigenvalue weighted by molar-refractivity contribution is -0.122. The van der Waals surface area contributed by atoms with E-state index in [2.05, 4.69) is 10.6 Å². The second kappa shape index (κ2) is 11.9. The minimum absolute atomic E-state index is 0.0522. The molecule has 3 aromatic rings. The van der Waals surface area contributed by atoms with Crippen molar-refractivity contribution in [1.82, 2.24) is 5.32 Å². The van der Waals surface area contributed by atoms with Gasteiger partial charge < -0.3 is 19.9 Å². The van der Waals surface area contributed by atoms with Gasteiger partial charge in [-0.15, -0.1) is 0 Å². The molecule has 3 N–H and O–H groups in total. The third-order valence-corrected chi connectivity index (χ3v) is 6.15. The van der Waals surface area contributed by atoms with Gasteiger partial charge in [0, 0.05) is 5.69 Å². The minimum atomic E-state index is -0.922. The summed E-state index contributed by atoms with van der Waals surface area (Å²) in [6.07, 6.45) is 1.27. The van der Waals surface area contributed by atoms with E-state index in [1.807, 2.05) is 32.0 Å². The maximum atomic E-state index is 13.2. The summed E-state index contributed by atoms with van der Waals surface area (Å²) < 4.78 is 11.4. The summed E-state index contributed by atoms with van der Waals surface area (Å²) in [6, 6.07) is 13.1. The molecule has 0 unspecified atom stereocenters. The quantitative estimate of drug-likeness (QED) is 0.266. The zero-order chi connectivity index (χ0) is 29.0. The van der Waals surface area contributed by atoms with Crippen LogP contribution in [0.5, 0.6) is 17.2 Å². The van der Waals surface area contributed by atoms with E-state index in [0.29, 0.717) is 11.3 Å². The van der Waals surface area contributed by atoms with Crippen LogP contribution >= 0.6 is 11.6 Å². The standard InChI is InChI=1S/C29H26ClN3O7/c1-4-39-24-14-18(12-21-27(36)32-29(38)33(28(21)37)19-7-9-20(34)10-8-19)13-22(30)26(24)40-15-25(35)31-23-11-16(2)5-6-17(23)3/h5-14,34H,4,15H2,1-3H3,(H,31,35)(H,32,36,38)/b21-12-. The number of ether oxygens (including phenoxy) is 2. The lowest BCUT2D eigenvalue weighted by atomic mass is 10.1. The molecule has 5 amide bonds. The SMILES string of the molecule is CCOc1cc(/C=C2/C(=O)NC(=O)N(c3ccc(O)cc3)C2=O)cc(Cl)c1OCC(=O)Nc1cc(C)ccc1C. The molecular formula is C29H26ClN3O7. The summed E-state index contributed by atoms with van der Waals surface area (Å²) in [7, 11) is 0. The zero-order valence-electron chi connectivity index (χ0n) is 21.9. The number of nitrogens with one attached hydrogen (secondary N) is 2. The molecule has 1 fully saturated rings. The van der Waals surface area contributed by atoms with Crippen LogP contribution in [0.3, 0.4) is 0 Å². The topological polar surface area (TPSA) is 134 Å². The zero-order valence-corrected chi connectivity index (χ0v) is 22.7. The van der Waals surface area contributed by atoms with Crippen LogP contribution in [0.1, 0.15) is 23.6 Å². The predicted octanol–water partition coefficient (Wildman–Crippen LogP) is 4.75. The molecule has 206 valence electrons. The molecule has 1 aliphatic rings. The maximum absolute atomic E-state index is 13.2. The lowest BCUT2D eigenvalue weighted by Gasteiger charge is -2.26. The van der Waals surface area contributed by atoms with Crippen molar-refractivity contribution in [3.63, 3.8) is 0 Å². The average Bonchev–Trinajstić information content (AvgIpc) is 2.89. The van der Waals surface area contributed by atoms with E-state index in [9.17, 15) is 24.3 Å². The van der Waals surface area contributed by atoms with Crippen LogP contribution in [-0.4, -0.2) is 42.1 Å². The predicted molar refractivity (Wildman–Crippen MR) is 150 cm³/mol. The number of rotatable bonds is 8. The summed E-state index contributed by atoms with van der Waals surface area (Å²) in [5.41, 5.74) is 2.72. The minimum Gasteiger partial charge on any atom is -0.508 e. The Labute approximate surface area is 235 Å². The Morgan fingerprint density at radius 2 is 1.77 bits per heavy atom. The number of nitrogens with zero attached hydrogens (tertiary/aromatic N) is 1. The molecule has 4 rings (SSSR count). The Morgan fingerprint density at radius 1 is 1.05 bits per heavy atom. The summed E-state index contributed by atoms with van der Waals surface area (Å²) >= 11 is 6.47. The number of carbonyl (C=O) groups excluding carboxylic acids is 4. The van der Waals surface area contributed by atoms with Gasteiger partial charge in [-0.05, 0) is 86.0 Å². The Balaban J connectivity index is 1.58. The second-order valence-electron chi connectivity index (χ2n) is 8.89. The van der Waals surface area contributed by atoms with Crippen molar-refractivity contribution in [2.24, 2.45) is 0 Å². The normalized spacial score (nSPS) is 14.2. The lowest BCUT2D eigenvalue weighted by Crippen LogP contribution is -2.54. The molecule has 1 heterocycles. The average molecular weight is 564 g/mol. The van der Waals surface area contributed by atoms with Gasteiger partial charge >= 0.3 is 6.03 Å². The first-order valence-electron chi connectivity index (χ1n) is 12.2. The molecule has 3 aromatic carbocycles. The van der Waals surface area contributed by atoms with Crippen LogP contribution in [0.15, 0.2) is 60.2 Å². The highest BCUT2D eigenvalue weighted by Crippen LogP contribution is 2.38. The smallest absolute Gasteiger partial charge is 0.335 e. The Bertz CT molecular complexity index is 1530. The highest BCUT2D eigenvalue weighted by atomic mass is 35.5. The van der Waals surface area contributed by atoms with Crippen molar-refractivity contribution >= 4 is 52.8 Å². The van der Waals surface area contributed by atoms with Crippen molar-refractivity contribution in [2.45, 2.75) is 20.8 Å². The number of benzene rings is 3. The van der Waals surface area contributed by atoms with Crippen LogP contribution in [0, 0.1) is 13.8 Å². The van der Waals surface area contributed by atoms with Gasteiger partial charge in [0.15, 0.2) is 18.1 Å². The number of phenolic OH excluding ortho intramolecular Hbond substituents is 1. The van der Waals surface area contributed by atoms with Gasteiger partial charge in [-0.2, -0.15) is 0 Å². The number of phenols is 1. The summed E-state index contributed by atoms with van der Waals surface area (Å²) in [6.45, 7) is 5.44. The number of barbiturate groups is 1. The van der Waals surface area contributed by atoms with Crippen LogP contribution < -0.4 is 25.0 Å². The highest BCUT2D eigenvalue weighted by molar-refractivity contribution is 6.39. The molecule has 0 saturated carbocycles. The number of anilines is 2. The molecule has 11 heteroatoms. The van der Waals surface area contributed by atoms with Crippen molar-refractivity contribution in [3.8, 4) is 17.2 Å². The first-order chi connectivity index (χ1) is 19.1. The van der Waals surface area contributed by atoms with Crippen molar-refractivity contribution < 1.29 is 33.8 Å². The third kappa shape index (κ3) is 6.24. The van der Waals surface area contributed by atoms with E-state index >= 15 is 0 Å². The number of halogens is 1. The van der Waals surface area contributed by atoms with Crippen LogP contribution in [0.2, 0.25) is 5.02 Å². The van der Waals surface area contributed by atoms with Gasteiger partial charge in [0.1, 0.15) is 11.3 Å². The van der Waals surface area contributed by atoms with E-state index in [1.165, 1.54) is 42.5 Å². The van der Waals surface area contributed by atoms with Gasteiger partial charge in [-0.25, -0.2) is 9.69 Å². The van der Waals surface area contributed by atoms with Gasteiger partial charge in [-0.1, -0.05) is 23.7 Å². The Morgan fingerprint density at radius 3 is 2.48 bits per heavy atom. The number of amides is 5. The number of carbonyl (C=O) groups is 4. The third-order valence-electron chi connectivity index (χ3n) is 5.87. The number of hydrogen-bond donors (Lipinski definition) is 3. The van der Waals surface area contributed by atoms with E-state index in [1.54, 1.807) is 6.92 Å². The fraction of sp³-hybridized carbons (Fsp3) is 0.172. The number of aryl methyl sites for hydroxylation is 2. The van der Waals surface area contributed by atoms with Gasteiger partial charge in [-0.3, -0.25) is 19.7 Å². The summed E-state index contributed by atoms with van der Waals surface area (Å²) in [4.78, 5) is 51.5. The molecule has 40 heavy (non-hydrogen) atoms. The van der Waals surface area contributed by atoms with Gasteiger partial charge in [0.2, 0.25) is 0 Å². The number of imide groups is 2. The fourth-order valence-corrected chi connectivity index (χ4v) is 4.20. The van der Waals surface area contributed by atoms with E-state index in [-0.39, 0.29) is 46.7 Å². The fourth-order valence-electron chi connectivity index (χ4n) is 3.93. The summed E-state index contributed by atoms with van der Waals surface area (Å²) in [5, 5.41) is 14.5. The molecule has 0 bridgehead atoms. The Hall–Kier alpha value is -4.83. The number of urea groups is 1. The van der Waals surface area contributed by atoms with Crippen LogP contribution in [0.25, 0.3) is 6.08 Å². The van der Waals surface area contributed by atoms with Crippen LogP contribution in [-0.2, 0) is 14.4 Å². The van der Waals surface area contributed by atoms with Crippen molar-refractivity contribution in [2.75, 3.05) is 23.4 Å². The van der Waals surface area contributed by atoms with Crippen LogP contribution in [0.4, 0.5) is 16.2 Å². The molecule has 0 radical (unpaired) electrons. The molecule has 10 nitrogen and oxygen atoms in total. The van der Waals surface area contributed by atoms with E-state index < -0.39 is 23.8 Å². The highest BCUT2D eigenvalue weighted by Gasteiger charge is 2.37. The van der Waals surface area contributed by atoms with Gasteiger partial charge in [0.25, 0.3) is 17.7 Å². The number of aromatic hydroxyl groups is 1. The summed E-state index contributed by atoms with van der Waals surface area (Å²) in [5.74, 6) is -1.90. The Kier molecular flexibility index (Phi) is 8.40. The molecular weight excluding hydrogens is 538 g/mol. The molecule has 0 spiro atoms. The molecule has 0 aliphatic carbocycles. The van der Waals surface area contributed by atoms with E-state index in [0.717, 1.165) is 16.0 Å². The van der Waals surface area contributed by atoms with E-state index in [4.69, 9.17) is 21.1 Å². The van der Waals surface area contributed by atoms with Crippen molar-refractivity contribution in [3.05, 3.63) is 81.9 Å². The second-order valence-corrected chi connectivity index (χ2v) is 9.30. The molecule has 1 saturated heterocycles. The van der Waals surface area contributed by atoms with Crippen molar-refractivity contribution in [1.29, 1.82) is 0 Å². The largest absolute Gasteiger partial charge is 0.508 e. The first kappa shape index (κ1) is 28.2. The maximum Gasteiger partial charge on any atom is 0.335 e. The molecule has 1 aliphatic heterocycles.